The summed E-state index contributed by atoms with van der Waals surface area (Å²) < 4.78 is 0. The highest BCUT2D eigenvalue weighted by Gasteiger charge is 1.99. The van der Waals surface area contributed by atoms with Crippen LogP contribution in [0.5, 0.6) is 0 Å². The smallest absolute Gasteiger partial charge is 0.0702 e. The van der Waals surface area contributed by atoms with Gasteiger partial charge in [0.25, 0.3) is 0 Å². The Labute approximate surface area is 95.6 Å². The summed E-state index contributed by atoms with van der Waals surface area (Å²) in [5, 5.41) is 8.81. The fourth-order valence-corrected chi connectivity index (χ4v) is 1.60. The molecule has 0 aliphatic rings. The number of nitrogens with zero attached hydrogens (tertiary/aromatic N) is 1. The molecule has 1 aromatic carbocycles. The minimum atomic E-state index is 0.172. The largest absolute Gasteiger partial charge is 0.396 e. The molecular formula is C14H15NO. The molecule has 1 aromatic heterocycles. The van der Waals surface area contributed by atoms with Gasteiger partial charge in [0, 0.05) is 18.4 Å². The van der Waals surface area contributed by atoms with Gasteiger partial charge in [-0.1, -0.05) is 35.9 Å². The van der Waals surface area contributed by atoms with Gasteiger partial charge in [-0.25, -0.2) is 0 Å². The third kappa shape index (κ3) is 2.47. The number of aryl methyl sites for hydroxylation is 1. The predicted molar refractivity (Wildman–Crippen MR) is 65.2 cm³/mol. The molecule has 2 aromatic rings. The van der Waals surface area contributed by atoms with Gasteiger partial charge in [-0.2, -0.15) is 0 Å². The van der Waals surface area contributed by atoms with Crippen molar-refractivity contribution in [1.82, 2.24) is 4.98 Å². The molecule has 0 saturated carbocycles. The van der Waals surface area contributed by atoms with E-state index in [0.717, 1.165) is 16.8 Å². The van der Waals surface area contributed by atoms with Gasteiger partial charge in [-0.05, 0) is 25.0 Å². The number of aliphatic hydroxyl groups is 1. The lowest BCUT2D eigenvalue weighted by molar-refractivity contribution is 0.299. The second kappa shape index (κ2) is 4.90. The Morgan fingerprint density at radius 3 is 2.38 bits per heavy atom. The van der Waals surface area contributed by atoms with Crippen LogP contribution in [0.3, 0.4) is 0 Å². The number of pyridine rings is 1. The maximum absolute atomic E-state index is 8.81. The highest BCUT2D eigenvalue weighted by atomic mass is 16.2. The summed E-state index contributed by atoms with van der Waals surface area (Å²) in [6.45, 7) is 2.24. The lowest BCUT2D eigenvalue weighted by Crippen LogP contribution is -1.92. The van der Waals surface area contributed by atoms with E-state index in [2.05, 4.69) is 36.2 Å². The standard InChI is InChI=1S/C14H15NO/c1-11-2-5-13(6-3-11)14-7-4-12(8-9-16)10-15-14/h2-7,10,16H,8-9H2,1H3. The second-order valence-corrected chi connectivity index (χ2v) is 3.89. The number of hydrogen-bond acceptors (Lipinski definition) is 2. The average Bonchev–Trinajstić information content (AvgIpc) is 2.32. The van der Waals surface area contributed by atoms with Gasteiger partial charge in [0.2, 0.25) is 0 Å². The fraction of sp³-hybridized carbons (Fsp3) is 0.214. The molecule has 0 aliphatic carbocycles. The second-order valence-electron chi connectivity index (χ2n) is 3.89. The van der Waals surface area contributed by atoms with E-state index in [4.69, 9.17) is 5.11 Å². The quantitative estimate of drug-likeness (QED) is 0.850. The summed E-state index contributed by atoms with van der Waals surface area (Å²) in [7, 11) is 0. The molecule has 0 radical (unpaired) electrons. The lowest BCUT2D eigenvalue weighted by Gasteiger charge is -2.03. The van der Waals surface area contributed by atoms with Crippen molar-refractivity contribution in [1.29, 1.82) is 0 Å². The first-order valence-electron chi connectivity index (χ1n) is 5.42. The Morgan fingerprint density at radius 1 is 1.06 bits per heavy atom. The molecule has 1 N–H and O–H groups in total. The zero-order chi connectivity index (χ0) is 11.4. The first-order valence-corrected chi connectivity index (χ1v) is 5.42. The number of rotatable bonds is 3. The first kappa shape index (κ1) is 10.8. The molecule has 0 atom stereocenters. The Hall–Kier alpha value is -1.67. The molecule has 82 valence electrons. The summed E-state index contributed by atoms with van der Waals surface area (Å²) in [6.07, 6.45) is 2.49. The van der Waals surface area contributed by atoms with Crippen LogP contribution in [0.25, 0.3) is 11.3 Å². The predicted octanol–water partition coefficient (Wildman–Crippen LogP) is 2.59. The van der Waals surface area contributed by atoms with Crippen molar-refractivity contribution in [3.05, 3.63) is 53.7 Å². The Morgan fingerprint density at radius 2 is 1.81 bits per heavy atom. The maximum Gasteiger partial charge on any atom is 0.0702 e. The summed E-state index contributed by atoms with van der Waals surface area (Å²) in [5.41, 5.74) is 4.42. The Bertz CT molecular complexity index is 445. The van der Waals surface area contributed by atoms with E-state index in [1.165, 1.54) is 5.56 Å². The number of hydrogen-bond donors (Lipinski definition) is 1. The molecule has 0 spiro atoms. The van der Waals surface area contributed by atoms with Crippen LogP contribution in [0.2, 0.25) is 0 Å². The normalized spacial score (nSPS) is 10.4. The highest BCUT2D eigenvalue weighted by Crippen LogP contribution is 2.17. The van der Waals surface area contributed by atoms with Crippen molar-refractivity contribution in [3.8, 4) is 11.3 Å². The van der Waals surface area contributed by atoms with E-state index in [1.807, 2.05) is 18.3 Å². The van der Waals surface area contributed by atoms with Crippen LogP contribution < -0.4 is 0 Å². The van der Waals surface area contributed by atoms with Gasteiger partial charge in [0.05, 0.1) is 5.69 Å². The molecule has 0 unspecified atom stereocenters. The minimum Gasteiger partial charge on any atom is -0.396 e. The highest BCUT2D eigenvalue weighted by molar-refractivity contribution is 5.59. The van der Waals surface area contributed by atoms with Crippen molar-refractivity contribution in [2.75, 3.05) is 6.61 Å². The van der Waals surface area contributed by atoms with Crippen molar-refractivity contribution in [3.63, 3.8) is 0 Å². The van der Waals surface area contributed by atoms with Crippen LogP contribution >= 0.6 is 0 Å². The SMILES string of the molecule is Cc1ccc(-c2ccc(CCO)cn2)cc1. The van der Waals surface area contributed by atoms with Crippen LogP contribution in [0.15, 0.2) is 42.6 Å². The van der Waals surface area contributed by atoms with Gasteiger partial charge in [-0.3, -0.25) is 4.98 Å². The van der Waals surface area contributed by atoms with E-state index in [1.54, 1.807) is 0 Å². The third-order valence-corrected chi connectivity index (χ3v) is 2.57. The Balaban J connectivity index is 2.24. The van der Waals surface area contributed by atoms with Gasteiger partial charge < -0.3 is 5.11 Å². The van der Waals surface area contributed by atoms with Gasteiger partial charge in [-0.15, -0.1) is 0 Å². The summed E-state index contributed by atoms with van der Waals surface area (Å²) in [4.78, 5) is 4.39. The van der Waals surface area contributed by atoms with E-state index < -0.39 is 0 Å². The first-order chi connectivity index (χ1) is 7.79. The molecule has 2 nitrogen and oxygen atoms in total. The van der Waals surface area contributed by atoms with Crippen molar-refractivity contribution < 1.29 is 5.11 Å². The summed E-state index contributed by atoms with van der Waals surface area (Å²) >= 11 is 0. The monoisotopic (exact) mass is 213 g/mol. The zero-order valence-corrected chi connectivity index (χ0v) is 9.35. The molecular weight excluding hydrogens is 198 g/mol. The van der Waals surface area contributed by atoms with Crippen molar-refractivity contribution in [2.24, 2.45) is 0 Å². The minimum absolute atomic E-state index is 0.172. The van der Waals surface area contributed by atoms with Crippen LogP contribution in [-0.4, -0.2) is 16.7 Å². The van der Waals surface area contributed by atoms with Crippen LogP contribution in [-0.2, 0) is 6.42 Å². The fourth-order valence-electron chi connectivity index (χ4n) is 1.60. The average molecular weight is 213 g/mol. The van der Waals surface area contributed by atoms with E-state index in [9.17, 15) is 0 Å². The van der Waals surface area contributed by atoms with E-state index >= 15 is 0 Å². The molecule has 0 amide bonds. The topological polar surface area (TPSA) is 33.1 Å². The van der Waals surface area contributed by atoms with Gasteiger partial charge in [0.15, 0.2) is 0 Å². The van der Waals surface area contributed by atoms with Crippen molar-refractivity contribution >= 4 is 0 Å². The Kier molecular flexibility index (Phi) is 3.32. The van der Waals surface area contributed by atoms with Crippen LogP contribution in [0.4, 0.5) is 0 Å². The molecule has 2 heteroatoms. The summed E-state index contributed by atoms with van der Waals surface area (Å²) in [6, 6.07) is 12.3. The maximum atomic E-state index is 8.81. The van der Waals surface area contributed by atoms with Gasteiger partial charge >= 0.3 is 0 Å². The molecule has 2 rings (SSSR count). The molecule has 0 bridgehead atoms. The lowest BCUT2D eigenvalue weighted by atomic mass is 10.1. The number of aromatic nitrogens is 1. The molecule has 1 heterocycles. The van der Waals surface area contributed by atoms with Crippen LogP contribution in [0.1, 0.15) is 11.1 Å². The third-order valence-electron chi connectivity index (χ3n) is 2.57. The number of benzene rings is 1. The molecule has 0 fully saturated rings. The van der Waals surface area contributed by atoms with E-state index in [-0.39, 0.29) is 6.61 Å². The zero-order valence-electron chi connectivity index (χ0n) is 9.35. The summed E-state index contributed by atoms with van der Waals surface area (Å²) in [5.74, 6) is 0. The van der Waals surface area contributed by atoms with E-state index in [0.29, 0.717) is 6.42 Å². The molecule has 16 heavy (non-hydrogen) atoms. The van der Waals surface area contributed by atoms with Crippen LogP contribution in [0, 0.1) is 6.92 Å². The molecule has 0 saturated heterocycles. The van der Waals surface area contributed by atoms with Gasteiger partial charge in [0.1, 0.15) is 0 Å². The number of aliphatic hydroxyl groups excluding tert-OH is 1. The van der Waals surface area contributed by atoms with Crippen molar-refractivity contribution in [2.45, 2.75) is 13.3 Å². The molecule has 0 aliphatic heterocycles.